The molecule has 0 bridgehead atoms. The second kappa shape index (κ2) is 6.50. The van der Waals surface area contributed by atoms with Gasteiger partial charge in [0.2, 0.25) is 0 Å². The van der Waals surface area contributed by atoms with Crippen molar-refractivity contribution in [3.05, 3.63) is 69.5 Å². The lowest BCUT2D eigenvalue weighted by Crippen LogP contribution is -2.17. The summed E-state index contributed by atoms with van der Waals surface area (Å²) in [4.78, 5) is 11.7. The number of amides is 1. The number of nitrogens with zero attached hydrogens (tertiary/aromatic N) is 1. The molecular weight excluding hydrogens is 302 g/mol. The van der Waals surface area contributed by atoms with E-state index in [9.17, 15) is 9.18 Å². The van der Waals surface area contributed by atoms with Crippen LogP contribution in [0.5, 0.6) is 0 Å². The van der Waals surface area contributed by atoms with Crippen molar-refractivity contribution in [2.45, 2.75) is 0 Å². The Labute approximate surface area is 125 Å². The van der Waals surface area contributed by atoms with Gasteiger partial charge in [0.05, 0.1) is 11.2 Å². The van der Waals surface area contributed by atoms with Crippen LogP contribution in [0.15, 0.2) is 47.6 Å². The first-order valence-electron chi connectivity index (χ1n) is 5.60. The highest BCUT2D eigenvalue weighted by molar-refractivity contribution is 6.36. The molecule has 0 spiro atoms. The van der Waals surface area contributed by atoms with E-state index in [2.05, 4.69) is 10.5 Å². The largest absolute Gasteiger partial charge is 0.271 e. The molecule has 2 rings (SSSR count). The molecule has 0 saturated carbocycles. The summed E-state index contributed by atoms with van der Waals surface area (Å²) >= 11 is 11.7. The van der Waals surface area contributed by atoms with Crippen LogP contribution in [-0.4, -0.2) is 12.1 Å². The molecule has 20 heavy (non-hydrogen) atoms. The van der Waals surface area contributed by atoms with Crippen molar-refractivity contribution in [2.24, 2.45) is 5.10 Å². The molecule has 6 heteroatoms. The first-order valence-corrected chi connectivity index (χ1v) is 6.36. The maximum atomic E-state index is 12.7. The Kier molecular flexibility index (Phi) is 4.71. The van der Waals surface area contributed by atoms with Gasteiger partial charge in [0.15, 0.2) is 0 Å². The van der Waals surface area contributed by atoms with Gasteiger partial charge in [-0.15, -0.1) is 0 Å². The number of carbonyl (C=O) groups excluding carboxylic acids is 1. The lowest BCUT2D eigenvalue weighted by molar-refractivity contribution is 0.0955. The van der Waals surface area contributed by atoms with Crippen molar-refractivity contribution in [3.63, 3.8) is 0 Å². The lowest BCUT2D eigenvalue weighted by atomic mass is 10.2. The maximum absolute atomic E-state index is 12.7. The van der Waals surface area contributed by atoms with Crippen LogP contribution in [-0.2, 0) is 0 Å². The first kappa shape index (κ1) is 14.5. The van der Waals surface area contributed by atoms with Crippen LogP contribution in [0.1, 0.15) is 15.9 Å². The van der Waals surface area contributed by atoms with Gasteiger partial charge in [-0.2, -0.15) is 5.10 Å². The summed E-state index contributed by atoms with van der Waals surface area (Å²) in [5, 5.41) is 4.73. The fourth-order valence-electron chi connectivity index (χ4n) is 1.43. The van der Waals surface area contributed by atoms with E-state index >= 15 is 0 Å². The highest BCUT2D eigenvalue weighted by atomic mass is 35.5. The topological polar surface area (TPSA) is 41.5 Å². The van der Waals surface area contributed by atoms with E-state index in [0.717, 1.165) is 0 Å². The zero-order valence-corrected chi connectivity index (χ0v) is 11.6. The molecule has 0 atom stereocenters. The predicted molar refractivity (Wildman–Crippen MR) is 77.9 cm³/mol. The summed E-state index contributed by atoms with van der Waals surface area (Å²) in [5.41, 5.74) is 3.26. The second-order valence-electron chi connectivity index (χ2n) is 3.87. The fourth-order valence-corrected chi connectivity index (χ4v) is 1.89. The number of hydrazone groups is 1. The zero-order valence-electron chi connectivity index (χ0n) is 10.1. The van der Waals surface area contributed by atoms with Crippen LogP contribution in [0.4, 0.5) is 4.39 Å². The zero-order chi connectivity index (χ0) is 14.5. The van der Waals surface area contributed by atoms with Gasteiger partial charge in [0, 0.05) is 16.1 Å². The van der Waals surface area contributed by atoms with E-state index in [1.54, 1.807) is 18.2 Å². The first-order chi connectivity index (χ1) is 9.56. The third-order valence-corrected chi connectivity index (χ3v) is 3.00. The van der Waals surface area contributed by atoms with Crippen molar-refractivity contribution in [1.29, 1.82) is 0 Å². The van der Waals surface area contributed by atoms with E-state index in [4.69, 9.17) is 23.2 Å². The Morgan fingerprint density at radius 2 is 1.85 bits per heavy atom. The smallest absolute Gasteiger partial charge is 0.267 e. The summed E-state index contributed by atoms with van der Waals surface area (Å²) in [6, 6.07) is 10.1. The number of hydrogen-bond donors (Lipinski definition) is 1. The third-order valence-electron chi connectivity index (χ3n) is 2.44. The van der Waals surface area contributed by atoms with Crippen molar-refractivity contribution in [3.8, 4) is 0 Å². The molecule has 1 N–H and O–H groups in total. The third kappa shape index (κ3) is 3.79. The van der Waals surface area contributed by atoms with Crippen LogP contribution < -0.4 is 5.43 Å². The molecule has 2 aromatic carbocycles. The highest BCUT2D eigenvalue weighted by Gasteiger charge is 2.04. The summed E-state index contributed by atoms with van der Waals surface area (Å²) in [5.74, 6) is -0.843. The van der Waals surface area contributed by atoms with Gasteiger partial charge in [0.25, 0.3) is 5.91 Å². The van der Waals surface area contributed by atoms with E-state index < -0.39 is 11.7 Å². The molecule has 0 unspecified atom stereocenters. The average Bonchev–Trinajstić information content (AvgIpc) is 2.42. The van der Waals surface area contributed by atoms with Gasteiger partial charge in [-0.3, -0.25) is 4.79 Å². The molecule has 0 radical (unpaired) electrons. The molecule has 0 aliphatic carbocycles. The number of benzene rings is 2. The fraction of sp³-hybridized carbons (Fsp3) is 0. The number of nitrogens with one attached hydrogen (secondary N) is 1. The van der Waals surface area contributed by atoms with Crippen LogP contribution in [0.25, 0.3) is 0 Å². The van der Waals surface area contributed by atoms with Crippen molar-refractivity contribution in [1.82, 2.24) is 5.43 Å². The minimum Gasteiger partial charge on any atom is -0.267 e. The second-order valence-corrected chi connectivity index (χ2v) is 4.72. The Balaban J connectivity index is 2.02. The Morgan fingerprint density at radius 3 is 2.50 bits per heavy atom. The predicted octanol–water partition coefficient (Wildman–Crippen LogP) is 3.90. The summed E-state index contributed by atoms with van der Waals surface area (Å²) < 4.78 is 12.7. The van der Waals surface area contributed by atoms with Crippen LogP contribution in [0.3, 0.4) is 0 Å². The Bertz CT molecular complexity index is 657. The van der Waals surface area contributed by atoms with E-state index in [-0.39, 0.29) is 0 Å². The van der Waals surface area contributed by atoms with Crippen molar-refractivity contribution in [2.75, 3.05) is 0 Å². The molecule has 3 nitrogen and oxygen atoms in total. The monoisotopic (exact) mass is 310 g/mol. The Hall–Kier alpha value is -1.91. The van der Waals surface area contributed by atoms with E-state index in [1.165, 1.54) is 30.5 Å². The molecule has 2 aromatic rings. The number of hydrogen-bond acceptors (Lipinski definition) is 2. The van der Waals surface area contributed by atoms with E-state index in [0.29, 0.717) is 21.2 Å². The molecule has 0 saturated heterocycles. The van der Waals surface area contributed by atoms with E-state index in [1.807, 2.05) is 0 Å². The number of halogens is 3. The molecule has 0 aliphatic rings. The van der Waals surface area contributed by atoms with Gasteiger partial charge in [-0.25, -0.2) is 9.82 Å². The minimum atomic E-state index is -0.439. The standard InChI is InChI=1S/C14H9Cl2FN2O/c15-11-4-1-10(13(16)7-11)8-18-19-14(20)9-2-5-12(17)6-3-9/h1-8H,(H,19,20)/b18-8-. The molecule has 1 amide bonds. The number of carbonyl (C=O) groups is 1. The molecule has 0 aromatic heterocycles. The highest BCUT2D eigenvalue weighted by Crippen LogP contribution is 2.19. The summed E-state index contributed by atoms with van der Waals surface area (Å²) in [6.07, 6.45) is 1.40. The average molecular weight is 311 g/mol. The lowest BCUT2D eigenvalue weighted by Gasteiger charge is -2.00. The quantitative estimate of drug-likeness (QED) is 0.678. The van der Waals surface area contributed by atoms with Crippen LogP contribution >= 0.6 is 23.2 Å². The molecule has 0 aliphatic heterocycles. The molecule has 0 heterocycles. The maximum Gasteiger partial charge on any atom is 0.271 e. The van der Waals surface area contributed by atoms with Gasteiger partial charge >= 0.3 is 0 Å². The summed E-state index contributed by atoms with van der Waals surface area (Å²) in [6.45, 7) is 0. The molecular formula is C14H9Cl2FN2O. The van der Waals surface area contributed by atoms with Gasteiger partial charge in [0.1, 0.15) is 5.82 Å². The van der Waals surface area contributed by atoms with Gasteiger partial charge < -0.3 is 0 Å². The number of rotatable bonds is 3. The SMILES string of the molecule is O=C(N/N=C\c1ccc(Cl)cc1Cl)c1ccc(F)cc1. The minimum absolute atomic E-state index is 0.311. The van der Waals surface area contributed by atoms with Crippen molar-refractivity contribution < 1.29 is 9.18 Å². The van der Waals surface area contributed by atoms with Crippen LogP contribution in [0, 0.1) is 5.82 Å². The summed E-state index contributed by atoms with van der Waals surface area (Å²) in [7, 11) is 0. The van der Waals surface area contributed by atoms with Crippen LogP contribution in [0.2, 0.25) is 10.0 Å². The molecule has 102 valence electrons. The Morgan fingerprint density at radius 1 is 1.15 bits per heavy atom. The van der Waals surface area contributed by atoms with Gasteiger partial charge in [-0.1, -0.05) is 29.3 Å². The van der Waals surface area contributed by atoms with Crippen molar-refractivity contribution >= 4 is 35.3 Å². The van der Waals surface area contributed by atoms with Gasteiger partial charge in [-0.05, 0) is 36.4 Å². The molecule has 0 fully saturated rings. The normalized spacial score (nSPS) is 10.8.